The minimum Gasteiger partial charge on any atom is -0.493 e. The Morgan fingerprint density at radius 2 is 1.61 bits per heavy atom. The number of carbonyl (C=O) groups excluding carboxylic acids is 3. The predicted octanol–water partition coefficient (Wildman–Crippen LogP) is 1.74. The first-order valence-electron chi connectivity index (χ1n) is 9.46. The maximum absolute atomic E-state index is 12.1. The number of rotatable bonds is 9. The molecule has 0 radical (unpaired) electrons. The summed E-state index contributed by atoms with van der Waals surface area (Å²) in [4.78, 5) is 35.5. The molecule has 1 aromatic carbocycles. The fourth-order valence-electron chi connectivity index (χ4n) is 2.25. The van der Waals surface area contributed by atoms with Gasteiger partial charge in [-0.15, -0.1) is 0 Å². The molecule has 0 spiro atoms. The summed E-state index contributed by atoms with van der Waals surface area (Å²) >= 11 is 0. The van der Waals surface area contributed by atoms with Gasteiger partial charge in [0.15, 0.2) is 11.5 Å². The van der Waals surface area contributed by atoms with Crippen molar-refractivity contribution in [2.75, 3.05) is 27.3 Å². The van der Waals surface area contributed by atoms with Gasteiger partial charge in [0, 0.05) is 0 Å². The number of aliphatic hydroxyl groups is 1. The smallest absolute Gasteiger partial charge is 0.412 e. The Morgan fingerprint density at radius 3 is 2.10 bits per heavy atom. The third-order valence-corrected chi connectivity index (χ3v) is 3.54. The van der Waals surface area contributed by atoms with Crippen molar-refractivity contribution >= 4 is 18.2 Å². The number of hydrogen-bond donors (Lipinski definition) is 3. The van der Waals surface area contributed by atoms with Crippen molar-refractivity contribution in [3.05, 3.63) is 17.7 Å². The van der Waals surface area contributed by atoms with Crippen LogP contribution in [-0.4, -0.2) is 62.3 Å². The molecular formula is C20H30N2O9. The predicted molar refractivity (Wildman–Crippen MR) is 109 cm³/mol. The van der Waals surface area contributed by atoms with Gasteiger partial charge < -0.3 is 39.4 Å². The van der Waals surface area contributed by atoms with Gasteiger partial charge in [-0.1, -0.05) is 0 Å². The van der Waals surface area contributed by atoms with Crippen molar-refractivity contribution in [2.24, 2.45) is 0 Å². The van der Waals surface area contributed by atoms with E-state index in [4.69, 9.17) is 23.7 Å². The van der Waals surface area contributed by atoms with Gasteiger partial charge in [0.05, 0.1) is 27.4 Å². The quantitative estimate of drug-likeness (QED) is 0.488. The van der Waals surface area contributed by atoms with Crippen LogP contribution in [0.1, 0.15) is 33.3 Å². The number of alkyl carbamates (subject to hydrolysis) is 1. The first-order chi connectivity index (χ1) is 14.5. The minimum absolute atomic E-state index is 0.0332. The Balaban J connectivity index is 2.52. The molecule has 0 aliphatic heterocycles. The third kappa shape index (κ3) is 9.43. The van der Waals surface area contributed by atoms with E-state index >= 15 is 0 Å². The molecule has 3 N–H and O–H groups in total. The normalized spacial score (nSPS) is 11.7. The SMILES string of the molecule is COc1cc(CO)cc(OC)c1OC(=O)NCC(C)OC(=O)CNC(=O)OC(C)(C)C. The van der Waals surface area contributed by atoms with E-state index in [2.05, 4.69) is 10.6 Å². The topological polar surface area (TPSA) is 142 Å². The highest BCUT2D eigenvalue weighted by Crippen LogP contribution is 2.38. The highest BCUT2D eigenvalue weighted by atomic mass is 16.6. The van der Waals surface area contributed by atoms with Crippen molar-refractivity contribution in [1.29, 1.82) is 0 Å². The highest BCUT2D eigenvalue weighted by molar-refractivity contribution is 5.78. The molecule has 2 amide bonds. The fraction of sp³-hybridized carbons (Fsp3) is 0.550. The summed E-state index contributed by atoms with van der Waals surface area (Å²) in [6.45, 7) is 5.98. The molecule has 174 valence electrons. The molecule has 1 aromatic rings. The van der Waals surface area contributed by atoms with E-state index in [1.165, 1.54) is 26.4 Å². The van der Waals surface area contributed by atoms with E-state index in [0.29, 0.717) is 5.56 Å². The summed E-state index contributed by atoms with van der Waals surface area (Å²) in [5.41, 5.74) is -0.169. The molecule has 0 aliphatic rings. The van der Waals surface area contributed by atoms with Gasteiger partial charge in [0.2, 0.25) is 5.75 Å². The molecule has 1 unspecified atom stereocenters. The summed E-state index contributed by atoms with van der Waals surface area (Å²) in [5.74, 6) is -0.264. The fourth-order valence-corrected chi connectivity index (χ4v) is 2.25. The van der Waals surface area contributed by atoms with Crippen molar-refractivity contribution < 1.29 is 43.2 Å². The zero-order chi connectivity index (χ0) is 23.6. The monoisotopic (exact) mass is 442 g/mol. The molecular weight excluding hydrogens is 412 g/mol. The molecule has 0 heterocycles. The largest absolute Gasteiger partial charge is 0.493 e. The summed E-state index contributed by atoms with van der Waals surface area (Å²) < 4.78 is 25.7. The number of hydrogen-bond acceptors (Lipinski definition) is 9. The van der Waals surface area contributed by atoms with E-state index in [-0.39, 0.29) is 36.9 Å². The first kappa shape index (κ1) is 25.8. The summed E-state index contributed by atoms with van der Waals surface area (Å²) in [6.07, 6.45) is -2.27. The lowest BCUT2D eigenvalue weighted by molar-refractivity contribution is -0.146. The van der Waals surface area contributed by atoms with Crippen LogP contribution in [0.3, 0.4) is 0 Å². The lowest BCUT2D eigenvalue weighted by Gasteiger charge is -2.20. The number of carbonyl (C=O) groups is 3. The Bertz CT molecular complexity index is 749. The Morgan fingerprint density at radius 1 is 1.03 bits per heavy atom. The van der Waals surface area contributed by atoms with Crippen LogP contribution < -0.4 is 24.8 Å². The van der Waals surface area contributed by atoms with Crippen LogP contribution in [-0.2, 0) is 20.9 Å². The molecule has 0 saturated heterocycles. The molecule has 0 aromatic heterocycles. The van der Waals surface area contributed by atoms with E-state index in [1.807, 2.05) is 0 Å². The van der Waals surface area contributed by atoms with E-state index in [1.54, 1.807) is 27.7 Å². The zero-order valence-corrected chi connectivity index (χ0v) is 18.6. The van der Waals surface area contributed by atoms with Crippen molar-refractivity contribution in [1.82, 2.24) is 10.6 Å². The minimum atomic E-state index is -0.830. The molecule has 0 aliphatic carbocycles. The van der Waals surface area contributed by atoms with Crippen molar-refractivity contribution in [3.8, 4) is 17.2 Å². The van der Waals surface area contributed by atoms with Gasteiger partial charge in [-0.2, -0.15) is 0 Å². The summed E-state index contributed by atoms with van der Waals surface area (Å²) in [6, 6.07) is 3.01. The van der Waals surface area contributed by atoms with Crippen molar-refractivity contribution in [2.45, 2.75) is 46.0 Å². The molecule has 0 bridgehead atoms. The average Bonchev–Trinajstić information content (AvgIpc) is 2.69. The number of methoxy groups -OCH3 is 2. The van der Waals surface area contributed by atoms with E-state index in [9.17, 15) is 19.5 Å². The lowest BCUT2D eigenvalue weighted by atomic mass is 10.2. The standard InChI is InChI=1S/C20H30N2O9/c1-12(29-16(24)10-22-19(26)31-20(2,3)4)9-21-18(25)30-17-14(27-5)7-13(11-23)8-15(17)28-6/h7-8,12,23H,9-11H2,1-6H3,(H,21,25)(H,22,26). The van der Waals surface area contributed by atoms with Crippen LogP contribution in [0.15, 0.2) is 12.1 Å². The number of amides is 2. The Hall–Kier alpha value is -3.21. The van der Waals surface area contributed by atoms with Crippen LogP contribution >= 0.6 is 0 Å². The number of esters is 1. The van der Waals surface area contributed by atoms with Gasteiger partial charge in [-0.05, 0) is 45.4 Å². The first-order valence-corrected chi connectivity index (χ1v) is 9.46. The van der Waals surface area contributed by atoms with Gasteiger partial charge in [-0.25, -0.2) is 9.59 Å². The van der Waals surface area contributed by atoms with Crippen molar-refractivity contribution in [3.63, 3.8) is 0 Å². The summed E-state index contributed by atoms with van der Waals surface area (Å²) in [5, 5.41) is 14.0. The molecule has 31 heavy (non-hydrogen) atoms. The van der Waals surface area contributed by atoms with Gasteiger partial charge in [0.1, 0.15) is 18.2 Å². The van der Waals surface area contributed by atoms with Crippen LogP contribution in [0, 0.1) is 0 Å². The van der Waals surface area contributed by atoms with Crippen LogP contribution in [0.2, 0.25) is 0 Å². The second-order valence-corrected chi connectivity index (χ2v) is 7.41. The molecule has 11 heteroatoms. The molecule has 0 fully saturated rings. The maximum Gasteiger partial charge on any atom is 0.412 e. The number of benzene rings is 1. The maximum atomic E-state index is 12.1. The summed E-state index contributed by atoms with van der Waals surface area (Å²) in [7, 11) is 2.76. The lowest BCUT2D eigenvalue weighted by Crippen LogP contribution is -2.39. The average molecular weight is 442 g/mol. The number of nitrogens with one attached hydrogen (secondary N) is 2. The molecule has 0 saturated carbocycles. The zero-order valence-electron chi connectivity index (χ0n) is 18.6. The molecule has 1 rings (SSSR count). The number of ether oxygens (including phenoxy) is 5. The van der Waals surface area contributed by atoms with E-state index in [0.717, 1.165) is 0 Å². The van der Waals surface area contributed by atoms with Gasteiger partial charge in [0.25, 0.3) is 0 Å². The van der Waals surface area contributed by atoms with Crippen LogP contribution in [0.25, 0.3) is 0 Å². The van der Waals surface area contributed by atoms with E-state index < -0.39 is 29.9 Å². The van der Waals surface area contributed by atoms with Crippen LogP contribution in [0.5, 0.6) is 17.2 Å². The Kier molecular flexibility index (Phi) is 9.87. The molecule has 1 atom stereocenters. The third-order valence-electron chi connectivity index (χ3n) is 3.54. The van der Waals surface area contributed by atoms with Gasteiger partial charge >= 0.3 is 18.2 Å². The Labute approximate surface area is 180 Å². The molecule has 11 nitrogen and oxygen atoms in total. The van der Waals surface area contributed by atoms with Crippen LogP contribution in [0.4, 0.5) is 9.59 Å². The highest BCUT2D eigenvalue weighted by Gasteiger charge is 2.20. The van der Waals surface area contributed by atoms with Gasteiger partial charge in [-0.3, -0.25) is 4.79 Å². The second kappa shape index (κ2) is 11.8. The second-order valence-electron chi connectivity index (χ2n) is 7.41. The number of aliphatic hydroxyl groups excluding tert-OH is 1.